The molecule has 0 unspecified atom stereocenters. The van der Waals surface area contributed by atoms with Crippen LogP contribution >= 0.6 is 0 Å². The Balaban J connectivity index is 0.00000160. The summed E-state index contributed by atoms with van der Waals surface area (Å²) in [6.07, 6.45) is 0. The lowest BCUT2D eigenvalue weighted by Gasteiger charge is -2.10. The molecule has 0 N–H and O–H groups in total. The van der Waals surface area contributed by atoms with Crippen LogP contribution in [0.3, 0.4) is 0 Å². The molecule has 0 radical (unpaired) electrons. The zero-order valence-corrected chi connectivity index (χ0v) is 15.2. The number of rotatable bonds is 5. The summed E-state index contributed by atoms with van der Waals surface area (Å²) in [6.45, 7) is 1.87. The van der Waals surface area contributed by atoms with E-state index >= 15 is 0 Å². The van der Waals surface area contributed by atoms with Crippen molar-refractivity contribution in [3.63, 3.8) is 0 Å². The molecule has 30 heavy (non-hydrogen) atoms. The van der Waals surface area contributed by atoms with Gasteiger partial charge in [-0.25, -0.2) is 0 Å². The first-order chi connectivity index (χ1) is 13.4. The number of benzene rings is 2. The Hall–Kier alpha value is -3.68. The molecule has 0 fully saturated rings. The van der Waals surface area contributed by atoms with Gasteiger partial charge in [0.1, 0.15) is 11.5 Å². The van der Waals surface area contributed by atoms with Crippen LogP contribution in [0.4, 0.5) is 0 Å². The highest BCUT2D eigenvalue weighted by molar-refractivity contribution is 6.22. The first-order valence-corrected chi connectivity index (χ1v) is 8.64. The van der Waals surface area contributed by atoms with Crippen LogP contribution in [0, 0.1) is 0 Å². The molecule has 0 saturated heterocycles. The van der Waals surface area contributed by atoms with Crippen LogP contribution in [0.5, 0.6) is 11.5 Å². The summed E-state index contributed by atoms with van der Waals surface area (Å²) in [7, 11) is 1.42. The summed E-state index contributed by atoms with van der Waals surface area (Å²) >= 11 is 0. The molecule has 2 aliphatic heterocycles. The lowest BCUT2D eigenvalue weighted by Crippen LogP contribution is -2.29. The molecule has 2 aromatic carbocycles. The van der Waals surface area contributed by atoms with Crippen LogP contribution in [-0.4, -0.2) is 53.8 Å². The maximum Gasteiger partial charge on any atom is 0.261 e. The first kappa shape index (κ1) is 22.6. The van der Waals surface area contributed by atoms with Gasteiger partial charge in [-0.05, 0) is 43.3 Å². The van der Waals surface area contributed by atoms with Gasteiger partial charge in [-0.3, -0.25) is 29.0 Å². The normalized spacial score (nSPS) is 14.2. The Kier molecular flexibility index (Phi) is 6.30. The van der Waals surface area contributed by atoms with Crippen molar-refractivity contribution in [1.82, 2.24) is 9.80 Å². The van der Waals surface area contributed by atoms with E-state index in [2.05, 4.69) is 0 Å². The summed E-state index contributed by atoms with van der Waals surface area (Å²) < 4.78 is 11.0. The molecule has 0 atom stereocenters. The largest absolute Gasteiger partial charge is 0.457 e. The summed E-state index contributed by atoms with van der Waals surface area (Å²) in [4.78, 5) is 50.5. The number of fused-ring (bicyclic) bond motifs is 2. The van der Waals surface area contributed by atoms with Crippen LogP contribution in [0.1, 0.15) is 63.2 Å². The fourth-order valence-electron chi connectivity index (χ4n) is 3.24. The molecule has 0 bridgehead atoms. The van der Waals surface area contributed by atoms with E-state index in [-0.39, 0.29) is 50.8 Å². The lowest BCUT2D eigenvalue weighted by atomic mass is 10.1. The monoisotopic (exact) mass is 412 g/mol. The zero-order chi connectivity index (χ0) is 20.0. The second kappa shape index (κ2) is 8.36. The summed E-state index contributed by atoms with van der Waals surface area (Å²) in [5.41, 5.74) is 1.27. The molecule has 2 aromatic rings. The van der Waals surface area contributed by atoms with Gasteiger partial charge in [-0.1, -0.05) is 14.9 Å². The van der Waals surface area contributed by atoms with Crippen LogP contribution < -0.4 is 9.47 Å². The predicted molar refractivity (Wildman–Crippen MR) is 110 cm³/mol. The van der Waals surface area contributed by atoms with E-state index in [9.17, 15) is 19.2 Å². The Morgan fingerprint density at radius 3 is 1.67 bits per heavy atom. The molecular formula is C22H24N2O6. The smallest absolute Gasteiger partial charge is 0.261 e. The Bertz CT molecular complexity index is 1050. The second-order valence-electron chi connectivity index (χ2n) is 6.35. The number of hydrogen-bond donors (Lipinski definition) is 0. The quantitative estimate of drug-likeness (QED) is 0.553. The van der Waals surface area contributed by atoms with E-state index in [1.807, 2.05) is 0 Å². The number of nitrogens with zero attached hydrogens (tertiary/aromatic N) is 2. The Labute approximate surface area is 175 Å². The number of imide groups is 2. The highest BCUT2D eigenvalue weighted by Gasteiger charge is 2.35. The molecule has 4 amide bonds. The third kappa shape index (κ3) is 3.41. The van der Waals surface area contributed by atoms with Crippen molar-refractivity contribution in [2.24, 2.45) is 0 Å². The topological polar surface area (TPSA) is 93.2 Å². The molecule has 4 rings (SSSR count). The Morgan fingerprint density at radius 1 is 0.700 bits per heavy atom. The highest BCUT2D eigenvalue weighted by atomic mass is 16.7. The van der Waals surface area contributed by atoms with Gasteiger partial charge in [0.05, 0.1) is 22.3 Å². The molecular weight excluding hydrogens is 388 g/mol. The van der Waals surface area contributed by atoms with Gasteiger partial charge in [0.25, 0.3) is 23.6 Å². The fourth-order valence-corrected chi connectivity index (χ4v) is 3.24. The second-order valence-corrected chi connectivity index (χ2v) is 6.35. The van der Waals surface area contributed by atoms with E-state index in [0.29, 0.717) is 34.7 Å². The van der Waals surface area contributed by atoms with Gasteiger partial charge in [0.15, 0.2) is 0 Å². The van der Waals surface area contributed by atoms with Crippen LogP contribution in [0.25, 0.3) is 0 Å². The van der Waals surface area contributed by atoms with E-state index in [0.717, 1.165) is 4.90 Å². The van der Waals surface area contributed by atoms with E-state index in [4.69, 9.17) is 9.47 Å². The van der Waals surface area contributed by atoms with Crippen molar-refractivity contribution in [2.45, 2.75) is 21.8 Å². The number of carbonyl (C=O) groups is 4. The van der Waals surface area contributed by atoms with Crippen molar-refractivity contribution in [3.8, 4) is 11.5 Å². The fraction of sp³-hybridized carbons (Fsp3) is 0.273. The standard InChI is InChI=1S/C20H16N2O6.2CH4/c1-3-22-19(25)14-7-5-12(9-16(14)20(22)26)28-10-27-11-4-6-13-15(8-11)18(24)21(2)17(13)23;;/h4-9H,3,10H2,1-2H3;2*1H4. The summed E-state index contributed by atoms with van der Waals surface area (Å²) in [6, 6.07) is 9.26. The Morgan fingerprint density at radius 2 is 1.13 bits per heavy atom. The van der Waals surface area contributed by atoms with E-state index < -0.39 is 0 Å². The molecule has 0 saturated carbocycles. The van der Waals surface area contributed by atoms with Crippen LogP contribution in [0.15, 0.2) is 36.4 Å². The van der Waals surface area contributed by atoms with Gasteiger partial charge >= 0.3 is 0 Å². The van der Waals surface area contributed by atoms with Gasteiger partial charge in [-0.15, -0.1) is 0 Å². The summed E-state index contributed by atoms with van der Waals surface area (Å²) in [5.74, 6) is -0.632. The van der Waals surface area contributed by atoms with Crippen LogP contribution in [-0.2, 0) is 0 Å². The number of ether oxygens (including phenoxy) is 2. The van der Waals surface area contributed by atoms with Crippen molar-refractivity contribution in [2.75, 3.05) is 20.4 Å². The maximum absolute atomic E-state index is 12.2. The average molecular weight is 412 g/mol. The minimum Gasteiger partial charge on any atom is -0.457 e. The SMILES string of the molecule is C.C.CCN1C(=O)c2ccc(OCOc3ccc4c(c3)C(=O)N(C)C4=O)cc2C1=O. The van der Waals surface area contributed by atoms with Gasteiger partial charge in [-0.2, -0.15) is 0 Å². The molecule has 0 aromatic heterocycles. The minimum absolute atomic E-state index is 0. The number of carbonyl (C=O) groups excluding carboxylic acids is 4. The molecule has 158 valence electrons. The van der Waals surface area contributed by atoms with Gasteiger partial charge in [0, 0.05) is 13.6 Å². The van der Waals surface area contributed by atoms with Crippen LogP contribution in [0.2, 0.25) is 0 Å². The van der Waals surface area contributed by atoms with E-state index in [1.165, 1.54) is 30.1 Å². The first-order valence-electron chi connectivity index (χ1n) is 8.64. The molecule has 0 spiro atoms. The van der Waals surface area contributed by atoms with Crippen molar-refractivity contribution < 1.29 is 28.7 Å². The minimum atomic E-state index is -0.381. The van der Waals surface area contributed by atoms with E-state index in [1.54, 1.807) is 25.1 Å². The third-order valence-corrected chi connectivity index (χ3v) is 4.77. The lowest BCUT2D eigenvalue weighted by molar-refractivity contribution is 0.0656. The van der Waals surface area contributed by atoms with Crippen molar-refractivity contribution >= 4 is 23.6 Å². The molecule has 2 aliphatic rings. The number of amides is 4. The number of hydrogen-bond acceptors (Lipinski definition) is 6. The van der Waals surface area contributed by atoms with Crippen molar-refractivity contribution in [1.29, 1.82) is 0 Å². The molecule has 8 heteroatoms. The maximum atomic E-state index is 12.2. The molecule has 2 heterocycles. The zero-order valence-electron chi connectivity index (χ0n) is 15.2. The van der Waals surface area contributed by atoms with Gasteiger partial charge < -0.3 is 9.47 Å². The molecule has 8 nitrogen and oxygen atoms in total. The molecule has 0 aliphatic carbocycles. The van der Waals surface area contributed by atoms with Crippen molar-refractivity contribution in [3.05, 3.63) is 58.7 Å². The highest BCUT2D eigenvalue weighted by Crippen LogP contribution is 2.28. The third-order valence-electron chi connectivity index (χ3n) is 4.77. The predicted octanol–water partition coefficient (Wildman–Crippen LogP) is 3.22. The summed E-state index contributed by atoms with van der Waals surface area (Å²) in [5, 5.41) is 0. The average Bonchev–Trinajstić information content (AvgIpc) is 3.07. The van der Waals surface area contributed by atoms with Gasteiger partial charge in [0.2, 0.25) is 6.79 Å².